The Morgan fingerprint density at radius 1 is 1.14 bits per heavy atom. The number of hydrogen-bond donors (Lipinski definition) is 1. The molecule has 2 fully saturated rings. The molecule has 1 aliphatic carbocycles. The molecule has 1 N–H and O–H groups in total. The van der Waals surface area contributed by atoms with E-state index in [-0.39, 0.29) is 12.0 Å². The number of alkyl halides is 2. The van der Waals surface area contributed by atoms with Gasteiger partial charge in [0.25, 0.3) is 11.5 Å². The summed E-state index contributed by atoms with van der Waals surface area (Å²) in [7, 11) is 1.75. The van der Waals surface area contributed by atoms with Gasteiger partial charge in [0, 0.05) is 71.5 Å². The van der Waals surface area contributed by atoms with Crippen molar-refractivity contribution in [3.8, 4) is 11.1 Å². The van der Waals surface area contributed by atoms with Gasteiger partial charge in [-0.2, -0.15) is 0 Å². The Balaban J connectivity index is 1.60. The summed E-state index contributed by atoms with van der Waals surface area (Å²) >= 11 is 1.66. The van der Waals surface area contributed by atoms with Crippen molar-refractivity contribution in [1.82, 2.24) is 9.55 Å². The third-order valence-electron chi connectivity index (χ3n) is 6.66. The number of aromatic amines is 1. The maximum atomic E-state index is 13.8. The number of nitrogens with one attached hydrogen (secondary N) is 1. The molecule has 3 heterocycles. The second-order valence-corrected chi connectivity index (χ2v) is 9.14. The first-order valence-electron chi connectivity index (χ1n) is 9.83. The van der Waals surface area contributed by atoms with E-state index >= 15 is 0 Å². The number of fused-ring (bicyclic) bond motifs is 1. The van der Waals surface area contributed by atoms with Crippen LogP contribution in [0.15, 0.2) is 46.3 Å². The summed E-state index contributed by atoms with van der Waals surface area (Å²) in [4.78, 5) is 18.9. The van der Waals surface area contributed by atoms with Crippen LogP contribution in [0.25, 0.3) is 22.0 Å². The number of benzene rings is 1. The van der Waals surface area contributed by atoms with Crippen LogP contribution in [0, 0.1) is 5.41 Å². The first-order chi connectivity index (χ1) is 13.9. The summed E-state index contributed by atoms with van der Waals surface area (Å²) in [5.41, 5.74) is 2.81. The number of piperidine rings is 1. The summed E-state index contributed by atoms with van der Waals surface area (Å²) in [5, 5.41) is 0.884. The molecule has 0 radical (unpaired) electrons. The van der Waals surface area contributed by atoms with E-state index in [1.807, 2.05) is 18.5 Å². The third kappa shape index (κ3) is 2.81. The third-order valence-corrected chi connectivity index (χ3v) is 7.39. The fourth-order valence-electron chi connectivity index (χ4n) is 4.72. The van der Waals surface area contributed by atoms with Crippen LogP contribution >= 0.6 is 11.8 Å². The van der Waals surface area contributed by atoms with Crippen LogP contribution in [0.5, 0.6) is 0 Å². The van der Waals surface area contributed by atoms with Crippen molar-refractivity contribution in [2.75, 3.05) is 24.2 Å². The lowest BCUT2D eigenvalue weighted by Gasteiger charge is -2.35. The molecule has 1 spiro atoms. The van der Waals surface area contributed by atoms with E-state index < -0.39 is 11.3 Å². The van der Waals surface area contributed by atoms with Gasteiger partial charge in [0.2, 0.25) is 0 Å². The van der Waals surface area contributed by atoms with Crippen molar-refractivity contribution in [3.63, 3.8) is 0 Å². The first-order valence-corrected chi connectivity index (χ1v) is 11.1. The van der Waals surface area contributed by atoms with Gasteiger partial charge in [-0.3, -0.25) is 4.79 Å². The zero-order valence-corrected chi connectivity index (χ0v) is 17.3. The molecule has 4 nitrogen and oxygen atoms in total. The van der Waals surface area contributed by atoms with Crippen LogP contribution in [0.1, 0.15) is 19.3 Å². The van der Waals surface area contributed by atoms with E-state index in [0.29, 0.717) is 31.4 Å². The Hall–Kier alpha value is -2.28. The highest BCUT2D eigenvalue weighted by atomic mass is 32.2. The topological polar surface area (TPSA) is 41.0 Å². The molecule has 0 unspecified atom stereocenters. The molecule has 3 aromatic rings. The van der Waals surface area contributed by atoms with Crippen LogP contribution in [0.3, 0.4) is 0 Å². The van der Waals surface area contributed by atoms with Gasteiger partial charge in [0.05, 0.1) is 0 Å². The maximum absolute atomic E-state index is 13.8. The van der Waals surface area contributed by atoms with Gasteiger partial charge >= 0.3 is 0 Å². The molecule has 7 heteroatoms. The van der Waals surface area contributed by atoms with Crippen LogP contribution in [-0.2, 0) is 7.05 Å². The fourth-order valence-corrected chi connectivity index (χ4v) is 5.16. The quantitative estimate of drug-likeness (QED) is 0.620. The Kier molecular flexibility index (Phi) is 4.11. The van der Waals surface area contributed by atoms with Gasteiger partial charge in [0.1, 0.15) is 5.52 Å². The fraction of sp³-hybridized carbons (Fsp3) is 0.409. The van der Waals surface area contributed by atoms with E-state index in [2.05, 4.69) is 28.1 Å². The number of halogens is 2. The molecular formula is C22H23F2N3OS. The average molecular weight is 416 g/mol. The predicted octanol–water partition coefficient (Wildman–Crippen LogP) is 4.88. The highest BCUT2D eigenvalue weighted by Crippen LogP contribution is 2.66. The lowest BCUT2D eigenvalue weighted by Crippen LogP contribution is -2.36. The summed E-state index contributed by atoms with van der Waals surface area (Å²) in [6.45, 7) is 1.26. The zero-order chi connectivity index (χ0) is 20.4. The van der Waals surface area contributed by atoms with E-state index in [1.165, 1.54) is 0 Å². The van der Waals surface area contributed by atoms with Crippen LogP contribution in [0.2, 0.25) is 0 Å². The number of rotatable bonds is 3. The van der Waals surface area contributed by atoms with Crippen molar-refractivity contribution in [2.24, 2.45) is 12.5 Å². The molecule has 0 bridgehead atoms. The average Bonchev–Trinajstić information content (AvgIpc) is 3.06. The van der Waals surface area contributed by atoms with Crippen molar-refractivity contribution < 1.29 is 8.78 Å². The lowest BCUT2D eigenvalue weighted by atomic mass is 9.91. The Morgan fingerprint density at radius 2 is 1.86 bits per heavy atom. The Morgan fingerprint density at radius 3 is 2.52 bits per heavy atom. The smallest absolute Gasteiger partial charge is 0.274 e. The van der Waals surface area contributed by atoms with E-state index in [0.717, 1.165) is 27.1 Å². The molecule has 0 amide bonds. The predicted molar refractivity (Wildman–Crippen MR) is 114 cm³/mol. The van der Waals surface area contributed by atoms with E-state index in [9.17, 15) is 13.6 Å². The van der Waals surface area contributed by atoms with Gasteiger partial charge in [-0.25, -0.2) is 8.78 Å². The summed E-state index contributed by atoms with van der Waals surface area (Å²) in [5.74, 6) is -2.49. The molecule has 2 aromatic heterocycles. The van der Waals surface area contributed by atoms with Gasteiger partial charge in [-0.1, -0.05) is 0 Å². The molecule has 29 heavy (non-hydrogen) atoms. The number of aryl methyl sites for hydroxylation is 1. The number of anilines is 1. The minimum Gasteiger partial charge on any atom is -0.371 e. The van der Waals surface area contributed by atoms with Gasteiger partial charge in [0.15, 0.2) is 0 Å². The summed E-state index contributed by atoms with van der Waals surface area (Å²) in [6.07, 6.45) is 6.78. The SMILES string of the molecule is CSc1ccc(N2CCC3(CC2)CC3(F)F)c(-c2cn(C)c(=O)c3[nH]ccc23)c1. The zero-order valence-electron chi connectivity index (χ0n) is 16.5. The van der Waals surface area contributed by atoms with Crippen LogP contribution in [-0.4, -0.2) is 34.8 Å². The highest BCUT2D eigenvalue weighted by Gasteiger charge is 2.70. The highest BCUT2D eigenvalue weighted by molar-refractivity contribution is 7.98. The maximum Gasteiger partial charge on any atom is 0.274 e. The Bertz CT molecular complexity index is 1160. The number of thioether (sulfide) groups is 1. The molecule has 2 aliphatic rings. The molecular weight excluding hydrogens is 392 g/mol. The number of pyridine rings is 1. The van der Waals surface area contributed by atoms with Crippen LogP contribution < -0.4 is 10.5 Å². The first kappa shape index (κ1) is 18.7. The van der Waals surface area contributed by atoms with Crippen molar-refractivity contribution in [3.05, 3.63) is 47.0 Å². The number of hydrogen-bond acceptors (Lipinski definition) is 3. The van der Waals surface area contributed by atoms with Crippen molar-refractivity contribution >= 4 is 28.4 Å². The lowest BCUT2D eigenvalue weighted by molar-refractivity contribution is 0.0537. The van der Waals surface area contributed by atoms with E-state index in [1.54, 1.807) is 29.6 Å². The summed E-state index contributed by atoms with van der Waals surface area (Å²) in [6, 6.07) is 8.24. The molecule has 1 saturated heterocycles. The molecule has 152 valence electrons. The number of nitrogens with zero attached hydrogens (tertiary/aromatic N) is 2. The minimum atomic E-state index is -2.49. The van der Waals surface area contributed by atoms with Gasteiger partial charge in [-0.05, 0) is 43.4 Å². The van der Waals surface area contributed by atoms with Crippen LogP contribution in [0.4, 0.5) is 14.5 Å². The molecule has 1 aliphatic heterocycles. The molecule has 0 atom stereocenters. The monoisotopic (exact) mass is 415 g/mol. The molecule has 5 rings (SSSR count). The number of aromatic nitrogens is 2. The largest absolute Gasteiger partial charge is 0.371 e. The second-order valence-electron chi connectivity index (χ2n) is 8.26. The van der Waals surface area contributed by atoms with Crippen molar-refractivity contribution in [2.45, 2.75) is 30.1 Å². The summed E-state index contributed by atoms with van der Waals surface area (Å²) < 4.78 is 29.2. The standard InChI is InChI=1S/C22H23F2N3OS/c1-26-12-17(15-5-8-25-19(15)20(26)28)16-11-14(29-2)3-4-18(16)27-9-6-21(7-10-27)13-22(21,23)24/h3-5,8,11-12,25H,6-7,9-10,13H2,1-2H3. The van der Waals surface area contributed by atoms with E-state index in [4.69, 9.17) is 0 Å². The minimum absolute atomic E-state index is 0.0386. The second kappa shape index (κ2) is 6.36. The van der Waals surface area contributed by atoms with Gasteiger partial charge in [-0.15, -0.1) is 11.8 Å². The molecule has 1 aromatic carbocycles. The number of H-pyrrole nitrogens is 1. The van der Waals surface area contributed by atoms with Crippen molar-refractivity contribution in [1.29, 1.82) is 0 Å². The molecule has 1 saturated carbocycles. The van der Waals surface area contributed by atoms with Gasteiger partial charge < -0.3 is 14.5 Å². The normalized spacial score (nSPS) is 19.8. The Labute approximate surface area is 171 Å².